The Balaban J connectivity index is 1.93. The Kier molecular flexibility index (Phi) is 4.24. The zero-order valence-corrected chi connectivity index (χ0v) is 11.3. The first-order valence-corrected chi connectivity index (χ1v) is 6.07. The van der Waals surface area contributed by atoms with Crippen molar-refractivity contribution >= 4 is 17.1 Å². The lowest BCUT2D eigenvalue weighted by Gasteiger charge is -2.11. The summed E-state index contributed by atoms with van der Waals surface area (Å²) in [6.07, 6.45) is -0.418. The first kappa shape index (κ1) is 13.9. The molecular formula is C14H15NO5. The number of rotatable bonds is 4. The van der Waals surface area contributed by atoms with Gasteiger partial charge in [-0.3, -0.25) is 0 Å². The molecule has 0 aliphatic rings. The Hall–Kier alpha value is -2.50. The van der Waals surface area contributed by atoms with Crippen LogP contribution in [-0.4, -0.2) is 38.3 Å². The molecule has 0 bridgehead atoms. The van der Waals surface area contributed by atoms with Crippen LogP contribution in [-0.2, 0) is 4.74 Å². The number of carbonyl (C=O) groups excluding carboxylic acids is 1. The maximum Gasteiger partial charge on any atom is 0.409 e. The van der Waals surface area contributed by atoms with Crippen molar-refractivity contribution in [1.82, 2.24) is 4.90 Å². The van der Waals surface area contributed by atoms with Crippen molar-refractivity contribution in [3.05, 3.63) is 40.8 Å². The van der Waals surface area contributed by atoms with Gasteiger partial charge in [0.1, 0.15) is 24.5 Å². The maximum absolute atomic E-state index is 11.2. The Bertz CT molecular complexity index is 662. The van der Waals surface area contributed by atoms with Crippen LogP contribution >= 0.6 is 0 Å². The molecule has 1 heterocycles. The number of amides is 1. The largest absolute Gasteiger partial charge is 0.490 e. The molecule has 106 valence electrons. The van der Waals surface area contributed by atoms with E-state index in [-0.39, 0.29) is 13.2 Å². The summed E-state index contributed by atoms with van der Waals surface area (Å²) in [6, 6.07) is 8.23. The number of ether oxygens (including phenoxy) is 2. The minimum absolute atomic E-state index is 0.147. The molecule has 0 saturated heterocycles. The zero-order valence-electron chi connectivity index (χ0n) is 11.3. The fraction of sp³-hybridized carbons (Fsp3) is 0.286. The molecule has 0 spiro atoms. The molecule has 2 rings (SSSR count). The average molecular weight is 277 g/mol. The molecule has 1 aromatic carbocycles. The van der Waals surface area contributed by atoms with Gasteiger partial charge in [-0.05, 0) is 18.2 Å². The minimum atomic E-state index is -0.418. The molecule has 1 aromatic heterocycles. The van der Waals surface area contributed by atoms with Gasteiger partial charge in [0, 0.05) is 31.6 Å². The van der Waals surface area contributed by atoms with Gasteiger partial charge in [-0.15, -0.1) is 0 Å². The summed E-state index contributed by atoms with van der Waals surface area (Å²) in [5.41, 5.74) is 0.0508. The number of hydrogen-bond acceptors (Lipinski definition) is 5. The van der Waals surface area contributed by atoms with E-state index in [0.29, 0.717) is 11.3 Å². The second-order valence-corrected chi connectivity index (χ2v) is 4.31. The molecule has 1 amide bonds. The summed E-state index contributed by atoms with van der Waals surface area (Å²) in [4.78, 5) is 23.6. The van der Waals surface area contributed by atoms with E-state index < -0.39 is 11.7 Å². The molecule has 0 N–H and O–H groups in total. The minimum Gasteiger partial charge on any atom is -0.490 e. The van der Waals surface area contributed by atoms with Crippen LogP contribution in [0.4, 0.5) is 4.79 Å². The van der Waals surface area contributed by atoms with E-state index in [4.69, 9.17) is 13.9 Å². The first-order chi connectivity index (χ1) is 9.56. The van der Waals surface area contributed by atoms with Gasteiger partial charge in [-0.25, -0.2) is 9.59 Å². The highest BCUT2D eigenvalue weighted by atomic mass is 16.6. The molecule has 0 atom stereocenters. The van der Waals surface area contributed by atoms with Crippen molar-refractivity contribution in [2.75, 3.05) is 27.3 Å². The molecule has 0 saturated carbocycles. The lowest BCUT2D eigenvalue weighted by molar-refractivity contribution is 0.102. The van der Waals surface area contributed by atoms with Gasteiger partial charge in [0.25, 0.3) is 0 Å². The second kappa shape index (κ2) is 6.10. The molecule has 0 aliphatic heterocycles. The second-order valence-electron chi connectivity index (χ2n) is 4.31. The maximum atomic E-state index is 11.2. The van der Waals surface area contributed by atoms with Crippen molar-refractivity contribution in [2.45, 2.75) is 0 Å². The topological polar surface area (TPSA) is 69.0 Å². The summed E-state index contributed by atoms with van der Waals surface area (Å²) in [6.45, 7) is 0.371. The van der Waals surface area contributed by atoms with Gasteiger partial charge in [-0.2, -0.15) is 0 Å². The van der Waals surface area contributed by atoms with Crippen LogP contribution in [0.15, 0.2) is 39.5 Å². The molecule has 0 radical (unpaired) electrons. The predicted octanol–water partition coefficient (Wildman–Crippen LogP) is 1.87. The third kappa shape index (κ3) is 3.50. The SMILES string of the molecule is CN(C)C(=O)OCCOc1ccc2ccc(=O)oc2c1. The monoisotopic (exact) mass is 277 g/mol. The van der Waals surface area contributed by atoms with Crippen molar-refractivity contribution in [2.24, 2.45) is 0 Å². The van der Waals surface area contributed by atoms with Crippen LogP contribution in [0.25, 0.3) is 11.0 Å². The summed E-state index contributed by atoms with van der Waals surface area (Å²) in [5, 5.41) is 0.816. The zero-order chi connectivity index (χ0) is 14.5. The summed E-state index contributed by atoms with van der Waals surface area (Å²) < 4.78 is 15.4. The van der Waals surface area contributed by atoms with Crippen molar-refractivity contribution in [3.8, 4) is 5.75 Å². The van der Waals surface area contributed by atoms with E-state index in [9.17, 15) is 9.59 Å². The van der Waals surface area contributed by atoms with E-state index in [1.54, 1.807) is 38.4 Å². The Morgan fingerprint density at radius 1 is 1.20 bits per heavy atom. The van der Waals surface area contributed by atoms with Gasteiger partial charge >= 0.3 is 11.7 Å². The smallest absolute Gasteiger partial charge is 0.409 e. The van der Waals surface area contributed by atoms with E-state index in [0.717, 1.165) is 5.39 Å². The molecular weight excluding hydrogens is 262 g/mol. The Morgan fingerprint density at radius 2 is 1.95 bits per heavy atom. The number of nitrogens with zero attached hydrogens (tertiary/aromatic N) is 1. The lowest BCUT2D eigenvalue weighted by atomic mass is 10.2. The number of fused-ring (bicyclic) bond motifs is 1. The molecule has 6 heteroatoms. The molecule has 20 heavy (non-hydrogen) atoms. The fourth-order valence-electron chi connectivity index (χ4n) is 1.55. The molecule has 0 fully saturated rings. The molecule has 2 aromatic rings. The molecule has 6 nitrogen and oxygen atoms in total. The first-order valence-electron chi connectivity index (χ1n) is 6.07. The highest BCUT2D eigenvalue weighted by Gasteiger charge is 2.04. The molecule has 0 aliphatic carbocycles. The predicted molar refractivity (Wildman–Crippen MR) is 73.0 cm³/mol. The highest BCUT2D eigenvalue weighted by molar-refractivity contribution is 5.77. The number of benzene rings is 1. The van der Waals surface area contributed by atoms with Gasteiger partial charge < -0.3 is 18.8 Å². The van der Waals surface area contributed by atoms with Crippen LogP contribution in [0.1, 0.15) is 0 Å². The number of carbonyl (C=O) groups is 1. The van der Waals surface area contributed by atoms with Crippen LogP contribution in [0.2, 0.25) is 0 Å². The van der Waals surface area contributed by atoms with E-state index in [1.165, 1.54) is 11.0 Å². The van der Waals surface area contributed by atoms with Crippen LogP contribution in [0.3, 0.4) is 0 Å². The van der Waals surface area contributed by atoms with Crippen LogP contribution < -0.4 is 10.4 Å². The standard InChI is InChI=1S/C14H15NO5/c1-15(2)14(17)19-8-7-18-11-5-3-10-4-6-13(16)20-12(10)9-11/h3-6,9H,7-8H2,1-2H3. The van der Waals surface area contributed by atoms with Crippen LogP contribution in [0.5, 0.6) is 5.75 Å². The van der Waals surface area contributed by atoms with Gasteiger partial charge in [-0.1, -0.05) is 0 Å². The molecule has 0 unspecified atom stereocenters. The van der Waals surface area contributed by atoms with Gasteiger partial charge in [0.2, 0.25) is 0 Å². The lowest BCUT2D eigenvalue weighted by Crippen LogP contribution is -2.24. The third-order valence-electron chi connectivity index (χ3n) is 2.54. The quantitative estimate of drug-likeness (QED) is 0.630. The van der Waals surface area contributed by atoms with Crippen LogP contribution in [0, 0.1) is 0 Å². The van der Waals surface area contributed by atoms with Crippen molar-refractivity contribution in [1.29, 1.82) is 0 Å². The van der Waals surface area contributed by atoms with E-state index in [1.807, 2.05) is 0 Å². The van der Waals surface area contributed by atoms with Crippen molar-refractivity contribution < 1.29 is 18.7 Å². The van der Waals surface area contributed by atoms with E-state index >= 15 is 0 Å². The van der Waals surface area contributed by atoms with E-state index in [2.05, 4.69) is 0 Å². The Labute approximate surface area is 115 Å². The van der Waals surface area contributed by atoms with Gasteiger partial charge in [0.05, 0.1) is 0 Å². The average Bonchev–Trinajstić information content (AvgIpc) is 2.42. The van der Waals surface area contributed by atoms with Crippen molar-refractivity contribution in [3.63, 3.8) is 0 Å². The van der Waals surface area contributed by atoms with Gasteiger partial charge in [0.15, 0.2) is 0 Å². The Morgan fingerprint density at radius 3 is 2.70 bits per heavy atom. The summed E-state index contributed by atoms with van der Waals surface area (Å²) in [7, 11) is 3.21. The summed E-state index contributed by atoms with van der Waals surface area (Å²) in [5.74, 6) is 0.549. The normalized spacial score (nSPS) is 10.3. The number of hydrogen-bond donors (Lipinski definition) is 0. The third-order valence-corrected chi connectivity index (χ3v) is 2.54. The fourth-order valence-corrected chi connectivity index (χ4v) is 1.55. The highest BCUT2D eigenvalue weighted by Crippen LogP contribution is 2.19. The summed E-state index contributed by atoms with van der Waals surface area (Å²) >= 11 is 0.